The molecule has 0 saturated heterocycles. The Bertz CT molecular complexity index is 502. The normalized spacial score (nSPS) is 10.6. The fourth-order valence-electron chi connectivity index (χ4n) is 1.80. The molecule has 1 heterocycles. The van der Waals surface area contributed by atoms with E-state index in [0.29, 0.717) is 6.61 Å². The first-order chi connectivity index (χ1) is 8.70. The molecule has 0 fully saturated rings. The van der Waals surface area contributed by atoms with E-state index in [0.717, 1.165) is 34.0 Å². The summed E-state index contributed by atoms with van der Waals surface area (Å²) < 4.78 is 5.82. The predicted molar refractivity (Wildman–Crippen MR) is 73.2 cm³/mol. The van der Waals surface area contributed by atoms with Crippen molar-refractivity contribution in [1.82, 2.24) is 4.98 Å². The van der Waals surface area contributed by atoms with Gasteiger partial charge < -0.3 is 9.84 Å². The van der Waals surface area contributed by atoms with Gasteiger partial charge in [0.05, 0.1) is 23.9 Å². The first kappa shape index (κ1) is 13.1. The van der Waals surface area contributed by atoms with Crippen molar-refractivity contribution < 1.29 is 9.84 Å². The van der Waals surface area contributed by atoms with Crippen LogP contribution in [-0.2, 0) is 13.0 Å². The van der Waals surface area contributed by atoms with E-state index < -0.39 is 0 Å². The summed E-state index contributed by atoms with van der Waals surface area (Å²) in [4.78, 5) is 4.29. The van der Waals surface area contributed by atoms with Crippen LogP contribution in [0.25, 0.3) is 0 Å². The monoisotopic (exact) mass is 263 g/mol. The van der Waals surface area contributed by atoms with Crippen LogP contribution in [0.2, 0.25) is 0 Å². The molecule has 3 nitrogen and oxygen atoms in total. The van der Waals surface area contributed by atoms with Crippen molar-refractivity contribution in [2.45, 2.75) is 26.9 Å². The Kier molecular flexibility index (Phi) is 4.33. The predicted octanol–water partition coefficient (Wildman–Crippen LogP) is 2.87. The minimum atomic E-state index is 0.00819. The van der Waals surface area contributed by atoms with Gasteiger partial charge in [0.15, 0.2) is 0 Å². The quantitative estimate of drug-likeness (QED) is 0.902. The molecular formula is C14H17NO2S. The second kappa shape index (κ2) is 5.98. The first-order valence-electron chi connectivity index (χ1n) is 5.94. The number of hydrogen-bond acceptors (Lipinski definition) is 4. The van der Waals surface area contributed by atoms with Crippen molar-refractivity contribution in [1.29, 1.82) is 0 Å². The number of rotatable bonds is 5. The van der Waals surface area contributed by atoms with Gasteiger partial charge in [0.25, 0.3) is 0 Å². The Labute approximate surface area is 111 Å². The van der Waals surface area contributed by atoms with E-state index in [1.54, 1.807) is 11.3 Å². The maximum atomic E-state index is 8.94. The van der Waals surface area contributed by atoms with Crippen LogP contribution < -0.4 is 4.74 Å². The van der Waals surface area contributed by atoms with Crippen LogP contribution in [0.1, 0.15) is 21.8 Å². The van der Waals surface area contributed by atoms with Gasteiger partial charge in [-0.25, -0.2) is 4.98 Å². The van der Waals surface area contributed by atoms with Gasteiger partial charge >= 0.3 is 0 Å². The van der Waals surface area contributed by atoms with Gasteiger partial charge in [0.2, 0.25) is 0 Å². The molecule has 0 aliphatic rings. The lowest BCUT2D eigenvalue weighted by molar-refractivity contribution is 0.277. The molecule has 0 aliphatic carbocycles. The fraction of sp³-hybridized carbons (Fsp3) is 0.357. The number of aryl methyl sites for hydroxylation is 2. The zero-order valence-electron chi connectivity index (χ0n) is 10.6. The van der Waals surface area contributed by atoms with Crippen molar-refractivity contribution >= 4 is 11.3 Å². The number of aliphatic hydroxyl groups is 1. The third kappa shape index (κ3) is 3.09. The van der Waals surface area contributed by atoms with E-state index in [-0.39, 0.29) is 6.61 Å². The van der Waals surface area contributed by atoms with Crippen LogP contribution in [0.3, 0.4) is 0 Å². The van der Waals surface area contributed by atoms with Crippen LogP contribution in [0.15, 0.2) is 23.6 Å². The molecule has 0 atom stereocenters. The average molecular weight is 263 g/mol. The molecule has 0 unspecified atom stereocenters. The summed E-state index contributed by atoms with van der Waals surface area (Å²) in [6.07, 6.45) is 0.776. The molecule has 0 saturated carbocycles. The number of aliphatic hydroxyl groups excluding tert-OH is 1. The van der Waals surface area contributed by atoms with Gasteiger partial charge in [-0.05, 0) is 25.0 Å². The molecule has 0 aliphatic heterocycles. The summed E-state index contributed by atoms with van der Waals surface area (Å²) in [6.45, 7) is 4.73. The Morgan fingerprint density at radius 3 is 2.61 bits per heavy atom. The molecule has 1 N–H and O–H groups in total. The Balaban J connectivity index is 1.92. The number of para-hydroxylation sites is 1. The van der Waals surface area contributed by atoms with Crippen molar-refractivity contribution in [3.63, 3.8) is 0 Å². The number of aromatic nitrogens is 1. The molecule has 0 amide bonds. The fourth-order valence-corrected chi connectivity index (χ4v) is 2.57. The lowest BCUT2D eigenvalue weighted by Gasteiger charge is -2.10. The summed E-state index contributed by atoms with van der Waals surface area (Å²) in [7, 11) is 0. The van der Waals surface area contributed by atoms with Crippen LogP contribution >= 0.6 is 11.3 Å². The van der Waals surface area contributed by atoms with Crippen LogP contribution in [0.4, 0.5) is 0 Å². The molecule has 0 bridgehead atoms. The molecule has 2 aromatic rings. The summed E-state index contributed by atoms with van der Waals surface area (Å²) in [5.74, 6) is 0.969. The van der Waals surface area contributed by atoms with Gasteiger partial charge in [-0.2, -0.15) is 0 Å². The van der Waals surface area contributed by atoms with E-state index in [2.05, 4.69) is 31.0 Å². The minimum absolute atomic E-state index is 0.00819. The summed E-state index contributed by atoms with van der Waals surface area (Å²) in [5, 5.41) is 11.8. The third-order valence-corrected chi connectivity index (χ3v) is 3.69. The van der Waals surface area contributed by atoms with Crippen molar-refractivity contribution in [2.24, 2.45) is 0 Å². The molecule has 1 aromatic heterocycles. The Morgan fingerprint density at radius 2 is 2.00 bits per heavy atom. The van der Waals surface area contributed by atoms with E-state index in [9.17, 15) is 0 Å². The molecule has 0 spiro atoms. The zero-order chi connectivity index (χ0) is 13.0. The smallest absolute Gasteiger partial charge is 0.125 e. The number of benzene rings is 1. The SMILES string of the molecule is Cc1cccc(C)c1OCCc1nc(CO)cs1. The van der Waals surface area contributed by atoms with E-state index in [1.807, 2.05) is 11.4 Å². The lowest BCUT2D eigenvalue weighted by Crippen LogP contribution is -2.03. The number of hydrogen-bond donors (Lipinski definition) is 1. The van der Waals surface area contributed by atoms with Gasteiger partial charge in [0, 0.05) is 11.8 Å². The number of nitrogens with zero attached hydrogens (tertiary/aromatic N) is 1. The van der Waals surface area contributed by atoms with Gasteiger partial charge in [0.1, 0.15) is 5.75 Å². The van der Waals surface area contributed by atoms with Crippen molar-refractivity contribution in [3.05, 3.63) is 45.4 Å². The number of thiazole rings is 1. The highest BCUT2D eigenvalue weighted by Crippen LogP contribution is 2.22. The van der Waals surface area contributed by atoms with Crippen LogP contribution in [0.5, 0.6) is 5.75 Å². The van der Waals surface area contributed by atoms with Gasteiger partial charge in [-0.3, -0.25) is 0 Å². The second-order valence-corrected chi connectivity index (χ2v) is 5.15. The van der Waals surface area contributed by atoms with Gasteiger partial charge in [-0.15, -0.1) is 11.3 Å². The van der Waals surface area contributed by atoms with E-state index in [4.69, 9.17) is 9.84 Å². The minimum Gasteiger partial charge on any atom is -0.493 e. The molecule has 96 valence electrons. The highest BCUT2D eigenvalue weighted by atomic mass is 32.1. The zero-order valence-corrected chi connectivity index (χ0v) is 11.5. The first-order valence-corrected chi connectivity index (χ1v) is 6.82. The summed E-state index contributed by atoms with van der Waals surface area (Å²) in [6, 6.07) is 6.14. The molecule has 4 heteroatoms. The topological polar surface area (TPSA) is 42.4 Å². The Hall–Kier alpha value is -1.39. The molecular weight excluding hydrogens is 246 g/mol. The van der Waals surface area contributed by atoms with Crippen LogP contribution in [0, 0.1) is 13.8 Å². The molecule has 0 radical (unpaired) electrons. The highest BCUT2D eigenvalue weighted by Gasteiger charge is 2.05. The molecule has 18 heavy (non-hydrogen) atoms. The lowest BCUT2D eigenvalue weighted by atomic mass is 10.1. The van der Waals surface area contributed by atoms with Crippen molar-refractivity contribution in [3.8, 4) is 5.75 Å². The third-order valence-electron chi connectivity index (χ3n) is 2.73. The molecule has 1 aromatic carbocycles. The van der Waals surface area contributed by atoms with Crippen LogP contribution in [-0.4, -0.2) is 16.7 Å². The second-order valence-electron chi connectivity index (χ2n) is 4.21. The maximum absolute atomic E-state index is 8.94. The standard InChI is InChI=1S/C14H17NO2S/c1-10-4-3-5-11(2)14(10)17-7-6-13-15-12(8-16)9-18-13/h3-5,9,16H,6-8H2,1-2H3. The van der Waals surface area contributed by atoms with E-state index in [1.165, 1.54) is 0 Å². The molecule has 2 rings (SSSR count). The summed E-state index contributed by atoms with van der Waals surface area (Å²) in [5.41, 5.74) is 3.05. The van der Waals surface area contributed by atoms with Gasteiger partial charge in [-0.1, -0.05) is 18.2 Å². The largest absolute Gasteiger partial charge is 0.493 e. The maximum Gasteiger partial charge on any atom is 0.125 e. The Morgan fingerprint density at radius 1 is 1.28 bits per heavy atom. The summed E-state index contributed by atoms with van der Waals surface area (Å²) >= 11 is 1.57. The number of ether oxygens (including phenoxy) is 1. The van der Waals surface area contributed by atoms with E-state index >= 15 is 0 Å². The highest BCUT2D eigenvalue weighted by molar-refractivity contribution is 7.09. The average Bonchev–Trinajstić information content (AvgIpc) is 2.81. The van der Waals surface area contributed by atoms with Crippen molar-refractivity contribution in [2.75, 3.05) is 6.61 Å².